The van der Waals surface area contributed by atoms with Crippen LogP contribution in [0.3, 0.4) is 0 Å². The van der Waals surface area contributed by atoms with Crippen molar-refractivity contribution >= 4 is 35.1 Å². The zero-order valence-corrected chi connectivity index (χ0v) is 16.9. The Morgan fingerprint density at radius 2 is 1.55 bits per heavy atom. The topological polar surface area (TPSA) is 90.0 Å². The van der Waals surface area contributed by atoms with E-state index in [1.165, 1.54) is 25.7 Å². The number of unbranched alkanes of at least 4 members (excludes halogenated alkanes) is 1. The number of anilines is 2. The Balaban J connectivity index is 1.57. The largest absolute Gasteiger partial charge is 0.372 e. The second-order valence-corrected chi connectivity index (χ2v) is 7.48. The number of hydrogen-bond acceptors (Lipinski definition) is 5. The van der Waals surface area contributed by atoms with E-state index in [-0.39, 0.29) is 6.54 Å². The van der Waals surface area contributed by atoms with Crippen LogP contribution in [0.2, 0.25) is 0 Å². The molecular formula is C21H28N4O4. The highest BCUT2D eigenvalue weighted by Crippen LogP contribution is 2.22. The Morgan fingerprint density at radius 3 is 2.17 bits per heavy atom. The maximum absolute atomic E-state index is 12.3. The average Bonchev–Trinajstić information content (AvgIpc) is 2.93. The van der Waals surface area contributed by atoms with Crippen LogP contribution in [-0.4, -0.2) is 59.7 Å². The monoisotopic (exact) mass is 400 g/mol. The predicted octanol–water partition coefficient (Wildman–Crippen LogP) is 2.60. The maximum Gasteiger partial charge on any atom is 0.334 e. The molecule has 0 radical (unpaired) electrons. The van der Waals surface area contributed by atoms with Gasteiger partial charge in [0.2, 0.25) is 5.91 Å². The third-order valence-electron chi connectivity index (χ3n) is 5.29. The van der Waals surface area contributed by atoms with E-state index in [1.54, 1.807) is 0 Å². The standard InChI is InChI=1S/C21H28N4O4/c1-2-3-14-24-19(27)20(28)25(21(24)29)15-18(26)22-16-8-10-17(11-9-16)23-12-6-4-5-7-13-23/h8-11H,2-7,12-15H2,1H3,(H,22,26). The van der Waals surface area contributed by atoms with Gasteiger partial charge in [0.25, 0.3) is 0 Å². The van der Waals surface area contributed by atoms with Gasteiger partial charge >= 0.3 is 17.8 Å². The summed E-state index contributed by atoms with van der Waals surface area (Å²) >= 11 is 0. The van der Waals surface area contributed by atoms with E-state index in [0.29, 0.717) is 17.0 Å². The first-order valence-electron chi connectivity index (χ1n) is 10.3. The van der Waals surface area contributed by atoms with Crippen molar-refractivity contribution < 1.29 is 19.2 Å². The Kier molecular flexibility index (Phi) is 6.85. The highest BCUT2D eigenvalue weighted by Gasteiger charge is 2.44. The number of urea groups is 1. The molecular weight excluding hydrogens is 372 g/mol. The molecule has 0 atom stereocenters. The first-order valence-corrected chi connectivity index (χ1v) is 10.3. The fourth-order valence-corrected chi connectivity index (χ4v) is 3.63. The van der Waals surface area contributed by atoms with Gasteiger partial charge in [0, 0.05) is 31.0 Å². The number of nitrogens with one attached hydrogen (secondary N) is 1. The maximum atomic E-state index is 12.3. The molecule has 1 aromatic carbocycles. The fourth-order valence-electron chi connectivity index (χ4n) is 3.63. The number of imide groups is 2. The van der Waals surface area contributed by atoms with Crippen LogP contribution < -0.4 is 10.2 Å². The third-order valence-corrected chi connectivity index (χ3v) is 5.29. The van der Waals surface area contributed by atoms with Crippen molar-refractivity contribution in [3.63, 3.8) is 0 Å². The smallest absolute Gasteiger partial charge is 0.334 e. The molecule has 8 heteroatoms. The summed E-state index contributed by atoms with van der Waals surface area (Å²) in [5.41, 5.74) is 1.70. The van der Waals surface area contributed by atoms with E-state index >= 15 is 0 Å². The summed E-state index contributed by atoms with van der Waals surface area (Å²) in [4.78, 5) is 52.6. The molecule has 2 saturated heterocycles. The van der Waals surface area contributed by atoms with Crippen LogP contribution >= 0.6 is 0 Å². The number of carbonyl (C=O) groups excluding carboxylic acids is 4. The average molecular weight is 400 g/mol. The summed E-state index contributed by atoms with van der Waals surface area (Å²) in [6.45, 7) is 3.72. The van der Waals surface area contributed by atoms with Gasteiger partial charge in [-0.15, -0.1) is 0 Å². The van der Waals surface area contributed by atoms with Crippen molar-refractivity contribution in [2.45, 2.75) is 45.4 Å². The van der Waals surface area contributed by atoms with Gasteiger partial charge in [0.15, 0.2) is 0 Å². The van der Waals surface area contributed by atoms with Gasteiger partial charge in [-0.05, 0) is 43.5 Å². The summed E-state index contributed by atoms with van der Waals surface area (Å²) in [6, 6.07) is 6.82. The molecule has 5 amide bonds. The SMILES string of the molecule is CCCCN1C(=O)C(=O)N(CC(=O)Nc2ccc(N3CCCCCC3)cc2)C1=O. The molecule has 8 nitrogen and oxygen atoms in total. The van der Waals surface area contributed by atoms with E-state index in [1.807, 2.05) is 31.2 Å². The van der Waals surface area contributed by atoms with E-state index in [9.17, 15) is 19.2 Å². The minimum absolute atomic E-state index is 0.190. The number of rotatable bonds is 7. The van der Waals surface area contributed by atoms with Gasteiger partial charge in [-0.1, -0.05) is 26.2 Å². The first-order chi connectivity index (χ1) is 14.0. The highest BCUT2D eigenvalue weighted by atomic mass is 16.2. The summed E-state index contributed by atoms with van der Waals surface area (Å²) in [6.07, 6.45) is 6.30. The van der Waals surface area contributed by atoms with Crippen molar-refractivity contribution in [1.82, 2.24) is 9.80 Å². The Bertz CT molecular complexity index is 769. The molecule has 3 rings (SSSR count). The predicted molar refractivity (Wildman–Crippen MR) is 109 cm³/mol. The Morgan fingerprint density at radius 1 is 0.931 bits per heavy atom. The molecule has 156 valence electrons. The molecule has 2 aliphatic rings. The van der Waals surface area contributed by atoms with Gasteiger partial charge in [-0.2, -0.15) is 0 Å². The Labute approximate surface area is 170 Å². The second-order valence-electron chi connectivity index (χ2n) is 7.48. The minimum Gasteiger partial charge on any atom is -0.372 e. The van der Waals surface area contributed by atoms with Crippen LogP contribution in [0.4, 0.5) is 16.2 Å². The quantitative estimate of drug-likeness (QED) is 0.561. The van der Waals surface area contributed by atoms with Crippen molar-refractivity contribution in [3.05, 3.63) is 24.3 Å². The summed E-state index contributed by atoms with van der Waals surface area (Å²) in [5.74, 6) is -2.32. The molecule has 1 N–H and O–H groups in total. The van der Waals surface area contributed by atoms with Crippen LogP contribution in [0.5, 0.6) is 0 Å². The fraction of sp³-hybridized carbons (Fsp3) is 0.524. The van der Waals surface area contributed by atoms with E-state index < -0.39 is 30.3 Å². The molecule has 29 heavy (non-hydrogen) atoms. The van der Waals surface area contributed by atoms with E-state index in [2.05, 4.69) is 10.2 Å². The molecule has 0 unspecified atom stereocenters. The van der Waals surface area contributed by atoms with Crippen molar-refractivity contribution in [3.8, 4) is 0 Å². The number of carbonyl (C=O) groups is 4. The lowest BCUT2D eigenvalue weighted by Crippen LogP contribution is -2.39. The van der Waals surface area contributed by atoms with E-state index in [4.69, 9.17) is 0 Å². The molecule has 0 aromatic heterocycles. The summed E-state index contributed by atoms with van der Waals surface area (Å²) in [7, 11) is 0. The van der Waals surface area contributed by atoms with Crippen molar-refractivity contribution in [2.24, 2.45) is 0 Å². The molecule has 2 fully saturated rings. The highest BCUT2D eigenvalue weighted by molar-refractivity contribution is 6.45. The molecule has 0 spiro atoms. The van der Waals surface area contributed by atoms with E-state index in [0.717, 1.165) is 30.1 Å². The lowest BCUT2D eigenvalue weighted by molar-refractivity contribution is -0.143. The summed E-state index contributed by atoms with van der Waals surface area (Å²) in [5, 5.41) is 2.69. The second kappa shape index (κ2) is 9.54. The van der Waals surface area contributed by atoms with Gasteiger partial charge in [-0.25, -0.2) is 9.69 Å². The number of benzene rings is 1. The van der Waals surface area contributed by atoms with Crippen LogP contribution in [0.25, 0.3) is 0 Å². The molecule has 1 aromatic rings. The van der Waals surface area contributed by atoms with Gasteiger partial charge in [0.05, 0.1) is 0 Å². The third kappa shape index (κ3) is 4.93. The van der Waals surface area contributed by atoms with Gasteiger partial charge in [-0.3, -0.25) is 19.3 Å². The zero-order valence-electron chi connectivity index (χ0n) is 16.9. The van der Waals surface area contributed by atoms with Gasteiger partial charge < -0.3 is 10.2 Å². The minimum atomic E-state index is -0.947. The number of nitrogens with zero attached hydrogens (tertiary/aromatic N) is 3. The summed E-state index contributed by atoms with van der Waals surface area (Å²) < 4.78 is 0. The van der Waals surface area contributed by atoms with Crippen molar-refractivity contribution in [1.29, 1.82) is 0 Å². The molecule has 0 aliphatic carbocycles. The lowest BCUT2D eigenvalue weighted by atomic mass is 10.2. The van der Waals surface area contributed by atoms with Crippen LogP contribution in [-0.2, 0) is 14.4 Å². The number of amides is 5. The van der Waals surface area contributed by atoms with Crippen LogP contribution in [0, 0.1) is 0 Å². The molecule has 2 heterocycles. The number of hydrogen-bond donors (Lipinski definition) is 1. The zero-order chi connectivity index (χ0) is 20.8. The molecule has 2 aliphatic heterocycles. The van der Waals surface area contributed by atoms with Crippen molar-refractivity contribution in [2.75, 3.05) is 36.4 Å². The van der Waals surface area contributed by atoms with Crippen LogP contribution in [0.15, 0.2) is 24.3 Å². The molecule has 0 bridgehead atoms. The first kappa shape index (κ1) is 20.8. The van der Waals surface area contributed by atoms with Gasteiger partial charge in [0.1, 0.15) is 6.54 Å². The van der Waals surface area contributed by atoms with Crippen LogP contribution in [0.1, 0.15) is 45.4 Å². The Hall–Kier alpha value is -2.90. The lowest BCUT2D eigenvalue weighted by Gasteiger charge is -2.22. The normalized spacial score (nSPS) is 17.7. The molecule has 0 saturated carbocycles.